The molecule has 0 N–H and O–H groups in total. The highest BCUT2D eigenvalue weighted by molar-refractivity contribution is 5.86. The van der Waals surface area contributed by atoms with E-state index in [1.54, 1.807) is 0 Å². The van der Waals surface area contributed by atoms with Gasteiger partial charge < -0.3 is 0 Å². The summed E-state index contributed by atoms with van der Waals surface area (Å²) in [5.74, 6) is 0.598. The van der Waals surface area contributed by atoms with E-state index in [1.807, 2.05) is 27.7 Å². The molecule has 0 amide bonds. The van der Waals surface area contributed by atoms with Gasteiger partial charge in [0.2, 0.25) is 0 Å². The zero-order valence-corrected chi connectivity index (χ0v) is 13.0. The average Bonchev–Trinajstić information content (AvgIpc) is 2.42. The number of aryl methyl sites for hydroxylation is 1. The second-order valence-corrected chi connectivity index (χ2v) is 4.23. The monoisotopic (exact) mass is 244 g/mol. The molecule has 0 aromatic heterocycles. The first-order chi connectivity index (χ1) is 8.68. The third kappa shape index (κ3) is 4.18. The molecule has 0 heterocycles. The average molecular weight is 244 g/mol. The smallest absolute Gasteiger partial charge is 0.0147 e. The van der Waals surface area contributed by atoms with Gasteiger partial charge in [0, 0.05) is 0 Å². The molecule has 0 radical (unpaired) electrons. The van der Waals surface area contributed by atoms with E-state index in [1.165, 1.54) is 21.9 Å². The highest BCUT2D eigenvalue weighted by Crippen LogP contribution is 2.25. The van der Waals surface area contributed by atoms with Gasteiger partial charge in [0.15, 0.2) is 0 Å². The fourth-order valence-electron chi connectivity index (χ4n) is 1.91. The van der Waals surface area contributed by atoms with E-state index in [2.05, 4.69) is 57.2 Å². The van der Waals surface area contributed by atoms with Crippen molar-refractivity contribution in [1.82, 2.24) is 0 Å². The highest BCUT2D eigenvalue weighted by Gasteiger charge is 2.03. The quantitative estimate of drug-likeness (QED) is 0.550. The molecule has 100 valence electrons. The van der Waals surface area contributed by atoms with E-state index < -0.39 is 0 Å². The molecule has 0 nitrogen and oxygen atoms in total. The number of fused-ring (bicyclic) bond motifs is 1. The first-order valence-electron chi connectivity index (χ1n) is 7.18. The van der Waals surface area contributed by atoms with E-state index >= 15 is 0 Å². The van der Waals surface area contributed by atoms with Crippen LogP contribution >= 0.6 is 0 Å². The molecule has 2 rings (SSSR count). The number of hydrogen-bond donors (Lipinski definition) is 0. The van der Waals surface area contributed by atoms with Crippen molar-refractivity contribution in [2.75, 3.05) is 0 Å². The van der Waals surface area contributed by atoms with Crippen molar-refractivity contribution < 1.29 is 0 Å². The van der Waals surface area contributed by atoms with Crippen molar-refractivity contribution in [2.24, 2.45) is 0 Å². The van der Waals surface area contributed by atoms with Crippen LogP contribution in [0.15, 0.2) is 36.4 Å². The topological polar surface area (TPSA) is 0 Å². The number of hydrogen-bond acceptors (Lipinski definition) is 0. The maximum atomic E-state index is 2.28. The fourth-order valence-corrected chi connectivity index (χ4v) is 1.91. The Bertz CT molecular complexity index is 453. The van der Waals surface area contributed by atoms with E-state index in [-0.39, 0.29) is 0 Å². The highest BCUT2D eigenvalue weighted by atomic mass is 14.1. The summed E-state index contributed by atoms with van der Waals surface area (Å²) in [6, 6.07) is 13.2. The van der Waals surface area contributed by atoms with Crippen LogP contribution < -0.4 is 0 Å². The molecule has 0 unspecified atom stereocenters. The van der Waals surface area contributed by atoms with Crippen LogP contribution in [0.1, 0.15) is 58.6 Å². The third-order valence-corrected chi connectivity index (χ3v) is 2.69. The summed E-state index contributed by atoms with van der Waals surface area (Å²) in [7, 11) is 0. The van der Waals surface area contributed by atoms with E-state index in [0.717, 1.165) is 0 Å². The molecule has 0 aliphatic carbocycles. The van der Waals surface area contributed by atoms with Crippen molar-refractivity contribution in [1.29, 1.82) is 0 Å². The lowest BCUT2D eigenvalue weighted by molar-refractivity contribution is 0.876. The maximum absolute atomic E-state index is 2.28. The zero-order valence-electron chi connectivity index (χ0n) is 13.0. The molecule has 0 atom stereocenters. The SMILES string of the molecule is CC.CC.Cc1ccc2cccc(C(C)C)c2c1. The molecule has 0 spiro atoms. The van der Waals surface area contributed by atoms with Gasteiger partial charge in [-0.3, -0.25) is 0 Å². The van der Waals surface area contributed by atoms with Crippen LogP contribution in [0.2, 0.25) is 0 Å². The van der Waals surface area contributed by atoms with Gasteiger partial charge in [0.25, 0.3) is 0 Å². The Morgan fingerprint density at radius 2 is 1.44 bits per heavy atom. The predicted molar refractivity (Wildman–Crippen MR) is 85.5 cm³/mol. The van der Waals surface area contributed by atoms with Crippen molar-refractivity contribution in [2.45, 2.75) is 54.4 Å². The number of rotatable bonds is 1. The lowest BCUT2D eigenvalue weighted by Crippen LogP contribution is -1.89. The summed E-state index contributed by atoms with van der Waals surface area (Å²) < 4.78 is 0. The van der Waals surface area contributed by atoms with Gasteiger partial charge in [-0.25, -0.2) is 0 Å². The Labute approximate surface area is 113 Å². The lowest BCUT2D eigenvalue weighted by Gasteiger charge is -2.10. The van der Waals surface area contributed by atoms with Crippen LogP contribution in [0.3, 0.4) is 0 Å². The van der Waals surface area contributed by atoms with Gasteiger partial charge in [-0.05, 0) is 29.2 Å². The van der Waals surface area contributed by atoms with Crippen LogP contribution in [-0.4, -0.2) is 0 Å². The Kier molecular flexibility index (Phi) is 8.11. The normalized spacial score (nSPS) is 9.33. The minimum atomic E-state index is 0.598. The molecule has 2 aromatic rings. The van der Waals surface area contributed by atoms with Crippen molar-refractivity contribution >= 4 is 10.8 Å². The maximum Gasteiger partial charge on any atom is -0.0147 e. The van der Waals surface area contributed by atoms with Crippen LogP contribution in [-0.2, 0) is 0 Å². The summed E-state index contributed by atoms with van der Waals surface area (Å²) in [5, 5.41) is 2.75. The molecular formula is C18H28. The summed E-state index contributed by atoms with van der Waals surface area (Å²) >= 11 is 0. The molecule has 0 saturated carbocycles. The summed E-state index contributed by atoms with van der Waals surface area (Å²) in [6.45, 7) is 14.6. The van der Waals surface area contributed by atoms with Crippen molar-refractivity contribution in [3.63, 3.8) is 0 Å². The first-order valence-corrected chi connectivity index (χ1v) is 7.18. The first kappa shape index (κ1) is 16.7. The predicted octanol–water partition coefficient (Wildman–Crippen LogP) is 6.32. The molecule has 0 fully saturated rings. The van der Waals surface area contributed by atoms with Crippen LogP contribution in [0.5, 0.6) is 0 Å². The Hall–Kier alpha value is -1.30. The van der Waals surface area contributed by atoms with E-state index in [9.17, 15) is 0 Å². The minimum Gasteiger partial charge on any atom is -0.0683 e. The molecule has 0 saturated heterocycles. The van der Waals surface area contributed by atoms with Gasteiger partial charge in [-0.1, -0.05) is 83.5 Å². The molecule has 0 aliphatic heterocycles. The molecule has 0 bridgehead atoms. The van der Waals surface area contributed by atoms with E-state index in [0.29, 0.717) is 5.92 Å². The molecule has 2 aromatic carbocycles. The molecule has 18 heavy (non-hydrogen) atoms. The van der Waals surface area contributed by atoms with Crippen LogP contribution in [0, 0.1) is 6.92 Å². The van der Waals surface area contributed by atoms with Crippen LogP contribution in [0.25, 0.3) is 10.8 Å². The van der Waals surface area contributed by atoms with Crippen molar-refractivity contribution in [3.8, 4) is 0 Å². The Morgan fingerprint density at radius 1 is 0.833 bits per heavy atom. The zero-order chi connectivity index (χ0) is 14.1. The Balaban J connectivity index is 0.000000659. The summed E-state index contributed by atoms with van der Waals surface area (Å²) in [4.78, 5) is 0. The summed E-state index contributed by atoms with van der Waals surface area (Å²) in [6.07, 6.45) is 0. The van der Waals surface area contributed by atoms with Crippen LogP contribution in [0.4, 0.5) is 0 Å². The second kappa shape index (κ2) is 8.74. The van der Waals surface area contributed by atoms with E-state index in [4.69, 9.17) is 0 Å². The largest absolute Gasteiger partial charge is 0.0683 e. The standard InChI is InChI=1S/C14H16.2C2H6/c1-10(2)13-6-4-5-12-8-7-11(3)9-14(12)13;2*1-2/h4-10H,1-3H3;2*1-2H3. The lowest BCUT2D eigenvalue weighted by atomic mass is 9.95. The van der Waals surface area contributed by atoms with Gasteiger partial charge in [-0.2, -0.15) is 0 Å². The summed E-state index contributed by atoms with van der Waals surface area (Å²) in [5.41, 5.74) is 2.79. The van der Waals surface area contributed by atoms with Gasteiger partial charge in [0.05, 0.1) is 0 Å². The second-order valence-electron chi connectivity index (χ2n) is 4.23. The molecular weight excluding hydrogens is 216 g/mol. The van der Waals surface area contributed by atoms with Gasteiger partial charge in [-0.15, -0.1) is 0 Å². The molecule has 0 aliphatic rings. The molecule has 0 heteroatoms. The van der Waals surface area contributed by atoms with Crippen molar-refractivity contribution in [3.05, 3.63) is 47.5 Å². The van der Waals surface area contributed by atoms with Gasteiger partial charge >= 0.3 is 0 Å². The fraction of sp³-hybridized carbons (Fsp3) is 0.444. The third-order valence-electron chi connectivity index (χ3n) is 2.69. The minimum absolute atomic E-state index is 0.598. The Morgan fingerprint density at radius 3 is 2.00 bits per heavy atom. The van der Waals surface area contributed by atoms with Gasteiger partial charge in [0.1, 0.15) is 0 Å². The number of benzene rings is 2.